The molecule has 0 aliphatic rings. The highest BCUT2D eigenvalue weighted by Gasteiger charge is 2.10. The molecular formula is C23H27N3O4. The zero-order chi connectivity index (χ0) is 22.1. The first-order valence-electron chi connectivity index (χ1n) is 9.54. The van der Waals surface area contributed by atoms with Crippen molar-refractivity contribution in [3.05, 3.63) is 65.2 Å². The molecule has 0 saturated carbocycles. The first kappa shape index (κ1) is 22.7. The number of allylic oxidation sites excluding steroid dienone is 1. The molecule has 2 aromatic rings. The summed E-state index contributed by atoms with van der Waals surface area (Å²) >= 11 is 0. The molecule has 7 heteroatoms. The smallest absolute Gasteiger partial charge is 0.240 e. The van der Waals surface area contributed by atoms with E-state index in [9.17, 15) is 14.7 Å². The molecule has 0 unspecified atom stereocenters. The van der Waals surface area contributed by atoms with Crippen LogP contribution in [0.1, 0.15) is 35.1 Å². The van der Waals surface area contributed by atoms with Gasteiger partial charge in [0.25, 0.3) is 0 Å². The topological polar surface area (TPSA) is 100 Å². The molecule has 0 heterocycles. The van der Waals surface area contributed by atoms with E-state index in [1.807, 2.05) is 32.0 Å². The highest BCUT2D eigenvalue weighted by atomic mass is 16.5. The van der Waals surface area contributed by atoms with Gasteiger partial charge in [0.1, 0.15) is 0 Å². The number of methoxy groups -OCH3 is 1. The van der Waals surface area contributed by atoms with Crippen LogP contribution in [0, 0.1) is 13.8 Å². The molecule has 0 fully saturated rings. The second-order valence-electron chi connectivity index (χ2n) is 6.81. The zero-order valence-electron chi connectivity index (χ0n) is 17.5. The Kier molecular flexibility index (Phi) is 8.17. The molecular weight excluding hydrogens is 382 g/mol. The Morgan fingerprint density at radius 2 is 1.93 bits per heavy atom. The Morgan fingerprint density at radius 3 is 2.63 bits per heavy atom. The fraction of sp³-hybridized carbons (Fsp3) is 0.261. The van der Waals surface area contributed by atoms with E-state index in [2.05, 4.69) is 22.4 Å². The van der Waals surface area contributed by atoms with Gasteiger partial charge in [-0.25, -0.2) is 5.43 Å². The average Bonchev–Trinajstić information content (AvgIpc) is 2.72. The number of nitrogens with zero attached hydrogens (tertiary/aromatic N) is 1. The summed E-state index contributed by atoms with van der Waals surface area (Å²) < 4.78 is 5.15. The number of carbonyl (C=O) groups is 2. The third-order valence-electron chi connectivity index (χ3n) is 4.62. The molecule has 0 aromatic heterocycles. The van der Waals surface area contributed by atoms with Gasteiger partial charge in [-0.2, -0.15) is 5.10 Å². The van der Waals surface area contributed by atoms with Crippen molar-refractivity contribution < 1.29 is 19.4 Å². The second kappa shape index (κ2) is 10.8. The number of phenols is 1. The van der Waals surface area contributed by atoms with Crippen molar-refractivity contribution in [3.8, 4) is 11.5 Å². The summed E-state index contributed by atoms with van der Waals surface area (Å²) in [5, 5.41) is 16.8. The number of aryl methyl sites for hydroxylation is 1. The SMILES string of the molecule is C=CCc1cc(C=NNC(=O)CCC(=O)Nc2cccc(C)c2C)cc(OC)c1O. The number of ether oxygens (including phenoxy) is 1. The number of hydrazone groups is 1. The van der Waals surface area contributed by atoms with Crippen LogP contribution in [0.25, 0.3) is 0 Å². The zero-order valence-corrected chi connectivity index (χ0v) is 17.5. The number of hydrogen-bond acceptors (Lipinski definition) is 5. The predicted octanol–water partition coefficient (Wildman–Crippen LogP) is 3.62. The van der Waals surface area contributed by atoms with Crippen LogP contribution in [-0.2, 0) is 16.0 Å². The lowest BCUT2D eigenvalue weighted by Crippen LogP contribution is -2.21. The summed E-state index contributed by atoms with van der Waals surface area (Å²) in [7, 11) is 1.46. The van der Waals surface area contributed by atoms with E-state index in [-0.39, 0.29) is 30.4 Å². The summed E-state index contributed by atoms with van der Waals surface area (Å²) in [6.45, 7) is 7.57. The van der Waals surface area contributed by atoms with Gasteiger partial charge in [-0.1, -0.05) is 18.2 Å². The molecule has 0 bridgehead atoms. The summed E-state index contributed by atoms with van der Waals surface area (Å²) in [4.78, 5) is 24.1. The second-order valence-corrected chi connectivity index (χ2v) is 6.81. The van der Waals surface area contributed by atoms with Crippen LogP contribution in [0.3, 0.4) is 0 Å². The fourth-order valence-corrected chi connectivity index (χ4v) is 2.79. The molecule has 0 aliphatic carbocycles. The van der Waals surface area contributed by atoms with E-state index in [4.69, 9.17) is 4.74 Å². The van der Waals surface area contributed by atoms with Gasteiger partial charge in [-0.3, -0.25) is 9.59 Å². The molecule has 0 saturated heterocycles. The van der Waals surface area contributed by atoms with Crippen LogP contribution in [0.4, 0.5) is 5.69 Å². The van der Waals surface area contributed by atoms with Crippen LogP contribution < -0.4 is 15.5 Å². The van der Waals surface area contributed by atoms with E-state index >= 15 is 0 Å². The van der Waals surface area contributed by atoms with Gasteiger partial charge in [0, 0.05) is 24.1 Å². The van der Waals surface area contributed by atoms with Gasteiger partial charge in [0.2, 0.25) is 11.8 Å². The van der Waals surface area contributed by atoms with E-state index in [1.54, 1.807) is 18.2 Å². The van der Waals surface area contributed by atoms with E-state index in [0.29, 0.717) is 23.3 Å². The van der Waals surface area contributed by atoms with Crippen LogP contribution >= 0.6 is 0 Å². The van der Waals surface area contributed by atoms with Crippen molar-refractivity contribution in [1.29, 1.82) is 0 Å². The molecule has 0 atom stereocenters. The number of carbonyl (C=O) groups excluding carboxylic acids is 2. The lowest BCUT2D eigenvalue weighted by Gasteiger charge is -2.10. The molecule has 7 nitrogen and oxygen atoms in total. The predicted molar refractivity (Wildman–Crippen MR) is 118 cm³/mol. The summed E-state index contributed by atoms with van der Waals surface area (Å²) in [5.41, 5.74) is 6.52. The van der Waals surface area contributed by atoms with Crippen LogP contribution in [0.15, 0.2) is 48.1 Å². The van der Waals surface area contributed by atoms with E-state index in [1.165, 1.54) is 13.3 Å². The minimum absolute atomic E-state index is 0.00858. The van der Waals surface area contributed by atoms with Crippen molar-refractivity contribution in [2.24, 2.45) is 5.10 Å². The Hall–Kier alpha value is -3.61. The van der Waals surface area contributed by atoms with Crippen LogP contribution in [0.2, 0.25) is 0 Å². The molecule has 30 heavy (non-hydrogen) atoms. The minimum Gasteiger partial charge on any atom is -0.504 e. The van der Waals surface area contributed by atoms with Crippen molar-refractivity contribution in [1.82, 2.24) is 5.43 Å². The van der Waals surface area contributed by atoms with Gasteiger partial charge >= 0.3 is 0 Å². The maximum Gasteiger partial charge on any atom is 0.240 e. The highest BCUT2D eigenvalue weighted by Crippen LogP contribution is 2.31. The number of phenolic OH excluding ortho intramolecular Hbond substituents is 1. The standard InChI is InChI=1S/C23H27N3O4/c1-5-7-18-12-17(13-20(30-4)23(18)29)14-24-26-22(28)11-10-21(27)25-19-9-6-8-15(2)16(19)3/h5-6,8-9,12-14,29H,1,7,10-11H2,2-4H3,(H,25,27)(H,26,28). The number of nitrogens with one attached hydrogen (secondary N) is 2. The largest absolute Gasteiger partial charge is 0.504 e. The average molecular weight is 409 g/mol. The third kappa shape index (κ3) is 6.20. The lowest BCUT2D eigenvalue weighted by atomic mass is 10.1. The normalized spacial score (nSPS) is 10.6. The lowest BCUT2D eigenvalue weighted by molar-refractivity contribution is -0.124. The van der Waals surface area contributed by atoms with Gasteiger partial charge < -0.3 is 15.2 Å². The molecule has 2 aromatic carbocycles. The van der Waals surface area contributed by atoms with Gasteiger partial charge in [-0.05, 0) is 55.2 Å². The number of aromatic hydroxyl groups is 1. The molecule has 2 amide bonds. The van der Waals surface area contributed by atoms with E-state index < -0.39 is 0 Å². The Morgan fingerprint density at radius 1 is 1.20 bits per heavy atom. The fourth-order valence-electron chi connectivity index (χ4n) is 2.79. The van der Waals surface area contributed by atoms with Gasteiger partial charge in [-0.15, -0.1) is 6.58 Å². The van der Waals surface area contributed by atoms with Crippen LogP contribution in [-0.4, -0.2) is 30.2 Å². The number of anilines is 1. The number of rotatable bonds is 9. The number of amides is 2. The minimum atomic E-state index is -0.376. The molecule has 3 N–H and O–H groups in total. The maximum atomic E-state index is 12.1. The van der Waals surface area contributed by atoms with Crippen molar-refractivity contribution in [2.45, 2.75) is 33.1 Å². The third-order valence-corrected chi connectivity index (χ3v) is 4.62. The first-order valence-corrected chi connectivity index (χ1v) is 9.54. The Labute approximate surface area is 176 Å². The summed E-state index contributed by atoms with van der Waals surface area (Å²) in [6.07, 6.45) is 3.63. The molecule has 0 aliphatic heterocycles. The summed E-state index contributed by atoms with van der Waals surface area (Å²) in [5.74, 6) is -0.252. The first-order chi connectivity index (χ1) is 14.3. The molecule has 2 rings (SSSR count). The van der Waals surface area contributed by atoms with Gasteiger partial charge in [0.05, 0.1) is 13.3 Å². The van der Waals surface area contributed by atoms with Crippen molar-refractivity contribution in [3.63, 3.8) is 0 Å². The Balaban J connectivity index is 1.89. The van der Waals surface area contributed by atoms with Gasteiger partial charge in [0.15, 0.2) is 11.5 Å². The number of benzene rings is 2. The monoisotopic (exact) mass is 409 g/mol. The Bertz CT molecular complexity index is 967. The highest BCUT2D eigenvalue weighted by molar-refractivity contribution is 5.94. The maximum absolute atomic E-state index is 12.1. The van der Waals surface area contributed by atoms with Crippen molar-refractivity contribution in [2.75, 3.05) is 12.4 Å². The molecule has 0 radical (unpaired) electrons. The van der Waals surface area contributed by atoms with E-state index in [0.717, 1.165) is 16.8 Å². The summed E-state index contributed by atoms with van der Waals surface area (Å²) in [6, 6.07) is 9.01. The molecule has 0 spiro atoms. The van der Waals surface area contributed by atoms with Crippen LogP contribution in [0.5, 0.6) is 11.5 Å². The molecule has 158 valence electrons. The van der Waals surface area contributed by atoms with Crippen molar-refractivity contribution >= 4 is 23.7 Å². The quantitative estimate of drug-likeness (QED) is 0.335. The number of hydrogen-bond donors (Lipinski definition) is 3.